The summed E-state index contributed by atoms with van der Waals surface area (Å²) in [5.41, 5.74) is 2.27. The second-order valence-electron chi connectivity index (χ2n) is 5.93. The molecule has 1 aliphatic rings. The van der Waals surface area contributed by atoms with Gasteiger partial charge in [-0.25, -0.2) is 0 Å². The lowest BCUT2D eigenvalue weighted by Crippen LogP contribution is -2.34. The van der Waals surface area contributed by atoms with Gasteiger partial charge in [-0.1, -0.05) is 60.7 Å². The van der Waals surface area contributed by atoms with Crippen LogP contribution in [0.2, 0.25) is 0 Å². The molecule has 0 saturated carbocycles. The number of aromatic hydroxyl groups is 1. The second kappa shape index (κ2) is 5.91. The summed E-state index contributed by atoms with van der Waals surface area (Å²) in [5.74, 6) is -0.774. The zero-order chi connectivity index (χ0) is 17.4. The van der Waals surface area contributed by atoms with E-state index in [0.29, 0.717) is 5.56 Å². The second-order valence-corrected chi connectivity index (χ2v) is 5.93. The van der Waals surface area contributed by atoms with Gasteiger partial charge >= 0.3 is 0 Å². The van der Waals surface area contributed by atoms with Gasteiger partial charge in [0, 0.05) is 0 Å². The number of carbonyl (C=O) groups excluding carboxylic acids is 2. The average Bonchev–Trinajstić information content (AvgIpc) is 2.88. The van der Waals surface area contributed by atoms with Crippen LogP contribution in [0.25, 0.3) is 0 Å². The highest BCUT2D eigenvalue weighted by Crippen LogP contribution is 2.36. The largest absolute Gasteiger partial charge is 0.508 e. The maximum absolute atomic E-state index is 12.9. The first-order valence-electron chi connectivity index (χ1n) is 7.97. The van der Waals surface area contributed by atoms with Crippen molar-refractivity contribution in [2.75, 3.05) is 0 Å². The van der Waals surface area contributed by atoms with E-state index in [1.807, 2.05) is 60.7 Å². The molecule has 1 heterocycles. The van der Waals surface area contributed by atoms with Crippen LogP contribution in [-0.4, -0.2) is 21.8 Å². The van der Waals surface area contributed by atoms with E-state index in [2.05, 4.69) is 0 Å². The first-order chi connectivity index (χ1) is 12.2. The van der Waals surface area contributed by atoms with Gasteiger partial charge in [-0.3, -0.25) is 14.5 Å². The molecular formula is C21H15NO3. The Balaban J connectivity index is 1.87. The van der Waals surface area contributed by atoms with Gasteiger partial charge < -0.3 is 5.11 Å². The quantitative estimate of drug-likeness (QED) is 0.744. The monoisotopic (exact) mass is 329 g/mol. The minimum absolute atomic E-state index is 0.0299. The van der Waals surface area contributed by atoms with Gasteiger partial charge in [0.25, 0.3) is 11.8 Å². The summed E-state index contributed by atoms with van der Waals surface area (Å²) in [4.78, 5) is 27.1. The molecule has 1 aliphatic heterocycles. The fourth-order valence-electron chi connectivity index (χ4n) is 3.24. The zero-order valence-electron chi connectivity index (χ0n) is 13.3. The highest BCUT2D eigenvalue weighted by molar-refractivity contribution is 6.22. The summed E-state index contributed by atoms with van der Waals surface area (Å²) in [6.45, 7) is 0. The Morgan fingerprint density at radius 2 is 1.20 bits per heavy atom. The number of rotatable bonds is 3. The summed E-state index contributed by atoms with van der Waals surface area (Å²) in [6, 6.07) is 22.7. The first-order valence-corrected chi connectivity index (χ1v) is 7.97. The predicted octanol–water partition coefficient (Wildman–Crippen LogP) is 3.78. The molecule has 3 aromatic rings. The van der Waals surface area contributed by atoms with Crippen LogP contribution in [0, 0.1) is 0 Å². The molecule has 2 amide bonds. The van der Waals surface area contributed by atoms with E-state index < -0.39 is 11.9 Å². The van der Waals surface area contributed by atoms with Gasteiger partial charge in [0.1, 0.15) is 5.75 Å². The van der Waals surface area contributed by atoms with Crippen molar-refractivity contribution < 1.29 is 14.7 Å². The fourth-order valence-corrected chi connectivity index (χ4v) is 3.24. The summed E-state index contributed by atoms with van der Waals surface area (Å²) < 4.78 is 0. The third kappa shape index (κ3) is 2.48. The van der Waals surface area contributed by atoms with Gasteiger partial charge in [-0.15, -0.1) is 0 Å². The Morgan fingerprint density at radius 3 is 1.76 bits per heavy atom. The molecule has 122 valence electrons. The number of phenols is 1. The molecule has 0 unspecified atom stereocenters. The number of hydrogen-bond donors (Lipinski definition) is 1. The summed E-state index contributed by atoms with van der Waals surface area (Å²) in [5, 5.41) is 9.68. The third-order valence-corrected chi connectivity index (χ3v) is 4.39. The lowest BCUT2D eigenvalue weighted by atomic mass is 9.97. The number of carbonyl (C=O) groups is 2. The molecule has 0 spiro atoms. The highest BCUT2D eigenvalue weighted by Gasteiger charge is 2.41. The predicted molar refractivity (Wildman–Crippen MR) is 93.3 cm³/mol. The first kappa shape index (κ1) is 15.1. The van der Waals surface area contributed by atoms with Crippen molar-refractivity contribution in [2.24, 2.45) is 0 Å². The van der Waals surface area contributed by atoms with Crippen LogP contribution in [0.3, 0.4) is 0 Å². The number of phenolic OH excluding ortho intramolecular Hbond substituents is 1. The lowest BCUT2D eigenvalue weighted by Gasteiger charge is -2.27. The van der Waals surface area contributed by atoms with E-state index in [1.165, 1.54) is 23.1 Å². The Bertz CT molecular complexity index is 912. The van der Waals surface area contributed by atoms with Crippen molar-refractivity contribution in [3.05, 3.63) is 101 Å². The molecule has 1 N–H and O–H groups in total. The van der Waals surface area contributed by atoms with Crippen LogP contribution in [-0.2, 0) is 0 Å². The highest BCUT2D eigenvalue weighted by atomic mass is 16.3. The van der Waals surface area contributed by atoms with Gasteiger partial charge in [-0.05, 0) is 29.3 Å². The van der Waals surface area contributed by atoms with Crippen LogP contribution < -0.4 is 0 Å². The van der Waals surface area contributed by atoms with Gasteiger partial charge in [0.05, 0.1) is 17.2 Å². The SMILES string of the molecule is O=C1c2ccc(O)cc2C(=O)N1C(c1ccccc1)c1ccccc1. The van der Waals surface area contributed by atoms with E-state index in [1.54, 1.807) is 0 Å². The topological polar surface area (TPSA) is 57.6 Å². The molecule has 4 heteroatoms. The third-order valence-electron chi connectivity index (χ3n) is 4.39. The van der Waals surface area contributed by atoms with Crippen LogP contribution in [0.4, 0.5) is 0 Å². The molecule has 0 aromatic heterocycles. The van der Waals surface area contributed by atoms with E-state index in [-0.39, 0.29) is 17.2 Å². The maximum atomic E-state index is 12.9. The van der Waals surface area contributed by atoms with Gasteiger partial charge in [0.2, 0.25) is 0 Å². The molecule has 0 fully saturated rings. The molecule has 3 aromatic carbocycles. The number of benzene rings is 3. The van der Waals surface area contributed by atoms with Crippen molar-refractivity contribution in [1.82, 2.24) is 4.90 Å². The molecule has 0 bridgehead atoms. The van der Waals surface area contributed by atoms with Crippen LogP contribution in [0.1, 0.15) is 37.9 Å². The number of imide groups is 1. The van der Waals surface area contributed by atoms with Crippen molar-refractivity contribution in [3.8, 4) is 5.75 Å². The van der Waals surface area contributed by atoms with Crippen molar-refractivity contribution in [2.45, 2.75) is 6.04 Å². The van der Waals surface area contributed by atoms with Crippen molar-refractivity contribution in [3.63, 3.8) is 0 Å². The van der Waals surface area contributed by atoms with Crippen LogP contribution in [0.15, 0.2) is 78.9 Å². The Labute approximate surface area is 145 Å². The number of amides is 2. The Hall–Kier alpha value is -3.40. The van der Waals surface area contributed by atoms with Crippen molar-refractivity contribution >= 4 is 11.8 Å². The summed E-state index contributed by atoms with van der Waals surface area (Å²) >= 11 is 0. The maximum Gasteiger partial charge on any atom is 0.262 e. The average molecular weight is 329 g/mol. The van der Waals surface area contributed by atoms with E-state index in [4.69, 9.17) is 0 Å². The van der Waals surface area contributed by atoms with Gasteiger partial charge in [0.15, 0.2) is 0 Å². The molecule has 0 aliphatic carbocycles. The minimum atomic E-state index is -0.517. The summed E-state index contributed by atoms with van der Waals surface area (Å²) in [7, 11) is 0. The fraction of sp³-hybridized carbons (Fsp3) is 0.0476. The lowest BCUT2D eigenvalue weighted by molar-refractivity contribution is 0.0608. The van der Waals surface area contributed by atoms with E-state index in [9.17, 15) is 14.7 Å². The van der Waals surface area contributed by atoms with Crippen LogP contribution in [0.5, 0.6) is 5.75 Å². The van der Waals surface area contributed by atoms with Crippen molar-refractivity contribution in [1.29, 1.82) is 0 Å². The standard InChI is InChI=1S/C21H15NO3/c23-16-11-12-17-18(13-16)21(25)22(20(17)24)19(14-7-3-1-4-8-14)15-9-5-2-6-10-15/h1-13,19,23H. The molecule has 0 saturated heterocycles. The van der Waals surface area contributed by atoms with Crippen LogP contribution >= 0.6 is 0 Å². The molecule has 25 heavy (non-hydrogen) atoms. The molecule has 0 atom stereocenters. The smallest absolute Gasteiger partial charge is 0.262 e. The normalized spacial score (nSPS) is 13.4. The Morgan fingerprint density at radius 1 is 0.680 bits per heavy atom. The number of nitrogens with zero attached hydrogens (tertiary/aromatic N) is 1. The zero-order valence-corrected chi connectivity index (χ0v) is 13.3. The minimum Gasteiger partial charge on any atom is -0.508 e. The molecule has 4 nitrogen and oxygen atoms in total. The molecule has 0 radical (unpaired) electrons. The molecule has 4 rings (SSSR count). The van der Waals surface area contributed by atoms with Gasteiger partial charge in [-0.2, -0.15) is 0 Å². The number of fused-ring (bicyclic) bond motifs is 1. The van der Waals surface area contributed by atoms with E-state index in [0.717, 1.165) is 11.1 Å². The number of hydrogen-bond acceptors (Lipinski definition) is 3. The molecular weight excluding hydrogens is 314 g/mol. The van der Waals surface area contributed by atoms with E-state index >= 15 is 0 Å². The Kier molecular flexibility index (Phi) is 3.58. The summed E-state index contributed by atoms with van der Waals surface area (Å²) in [6.07, 6.45) is 0.